The molecule has 0 spiro atoms. The maximum absolute atomic E-state index is 12.9. The SMILES string of the molecule is CCSc1oc2c(C(C)Nc3ccc(C(F)(F)F)nc3C)cc(C)cc2c(=O)c1C. The minimum atomic E-state index is -4.49. The Labute approximate surface area is 176 Å². The van der Waals surface area contributed by atoms with E-state index in [0.29, 0.717) is 27.3 Å². The Bertz CT molecular complexity index is 1160. The lowest BCUT2D eigenvalue weighted by Crippen LogP contribution is -2.14. The van der Waals surface area contributed by atoms with Gasteiger partial charge in [-0.25, -0.2) is 4.98 Å². The molecule has 3 rings (SSSR count). The van der Waals surface area contributed by atoms with E-state index in [0.717, 1.165) is 22.9 Å². The van der Waals surface area contributed by atoms with Crippen LogP contribution in [0, 0.1) is 20.8 Å². The van der Waals surface area contributed by atoms with Gasteiger partial charge in [0.1, 0.15) is 11.3 Å². The first-order valence-electron chi connectivity index (χ1n) is 9.55. The summed E-state index contributed by atoms with van der Waals surface area (Å²) in [7, 11) is 0. The molecule has 1 aromatic carbocycles. The summed E-state index contributed by atoms with van der Waals surface area (Å²) in [6.07, 6.45) is -4.49. The van der Waals surface area contributed by atoms with E-state index in [1.165, 1.54) is 24.8 Å². The third kappa shape index (κ3) is 4.33. The Morgan fingerprint density at radius 3 is 2.50 bits per heavy atom. The highest BCUT2D eigenvalue weighted by Crippen LogP contribution is 2.33. The fourth-order valence-electron chi connectivity index (χ4n) is 3.32. The second-order valence-corrected chi connectivity index (χ2v) is 8.44. The number of alkyl halides is 3. The number of halogens is 3. The Morgan fingerprint density at radius 2 is 1.90 bits per heavy atom. The first-order valence-corrected chi connectivity index (χ1v) is 10.5. The van der Waals surface area contributed by atoms with Crippen LogP contribution < -0.4 is 10.7 Å². The second kappa shape index (κ2) is 8.34. The number of rotatable bonds is 5. The van der Waals surface area contributed by atoms with Crippen molar-refractivity contribution in [3.05, 3.63) is 62.6 Å². The molecule has 2 aromatic heterocycles. The first kappa shape index (κ1) is 22.2. The van der Waals surface area contributed by atoms with Gasteiger partial charge < -0.3 is 9.73 Å². The lowest BCUT2D eigenvalue weighted by atomic mass is 10.0. The quantitative estimate of drug-likeness (QED) is 0.468. The molecule has 1 N–H and O–H groups in total. The van der Waals surface area contributed by atoms with Crippen molar-refractivity contribution in [3.8, 4) is 0 Å². The number of benzene rings is 1. The van der Waals surface area contributed by atoms with Crippen molar-refractivity contribution in [2.75, 3.05) is 11.1 Å². The fraction of sp³-hybridized carbons (Fsp3) is 0.364. The lowest BCUT2D eigenvalue weighted by Gasteiger charge is -2.20. The summed E-state index contributed by atoms with van der Waals surface area (Å²) >= 11 is 1.46. The molecule has 3 aromatic rings. The molecule has 2 heterocycles. The minimum absolute atomic E-state index is 0.0725. The summed E-state index contributed by atoms with van der Waals surface area (Å²) < 4.78 is 44.8. The van der Waals surface area contributed by atoms with Gasteiger partial charge in [0, 0.05) is 11.1 Å². The zero-order valence-corrected chi connectivity index (χ0v) is 18.2. The molecule has 0 saturated carbocycles. The lowest BCUT2D eigenvalue weighted by molar-refractivity contribution is -0.141. The van der Waals surface area contributed by atoms with E-state index >= 15 is 0 Å². The summed E-state index contributed by atoms with van der Waals surface area (Å²) in [6, 6.07) is 5.73. The average Bonchev–Trinajstić information content (AvgIpc) is 2.66. The fourth-order valence-corrected chi connectivity index (χ4v) is 4.03. The number of nitrogens with one attached hydrogen (secondary N) is 1. The van der Waals surface area contributed by atoms with E-state index in [1.807, 2.05) is 26.8 Å². The van der Waals surface area contributed by atoms with Crippen LogP contribution in [0.25, 0.3) is 11.0 Å². The number of hydrogen-bond acceptors (Lipinski definition) is 5. The van der Waals surface area contributed by atoms with E-state index in [4.69, 9.17) is 4.42 Å². The molecule has 0 amide bonds. The molecule has 0 aliphatic carbocycles. The topological polar surface area (TPSA) is 55.1 Å². The summed E-state index contributed by atoms with van der Waals surface area (Å²) in [5, 5.41) is 4.29. The molecule has 0 saturated heterocycles. The number of aryl methyl sites for hydroxylation is 2. The van der Waals surface area contributed by atoms with E-state index in [2.05, 4.69) is 10.3 Å². The zero-order chi connectivity index (χ0) is 22.2. The van der Waals surface area contributed by atoms with Crippen LogP contribution in [0.1, 0.15) is 48.0 Å². The molecule has 1 unspecified atom stereocenters. The van der Waals surface area contributed by atoms with E-state index < -0.39 is 11.9 Å². The highest BCUT2D eigenvalue weighted by Gasteiger charge is 2.32. The number of fused-ring (bicyclic) bond motifs is 1. The highest BCUT2D eigenvalue weighted by atomic mass is 32.2. The van der Waals surface area contributed by atoms with Crippen LogP contribution >= 0.6 is 11.8 Å². The molecule has 0 radical (unpaired) electrons. The molecule has 0 fully saturated rings. The predicted octanol–water partition coefficient (Wildman–Crippen LogP) is 6.42. The Morgan fingerprint density at radius 1 is 1.20 bits per heavy atom. The van der Waals surface area contributed by atoms with Crippen molar-refractivity contribution in [1.29, 1.82) is 0 Å². The average molecular weight is 436 g/mol. The van der Waals surface area contributed by atoms with E-state index in [-0.39, 0.29) is 17.2 Å². The standard InChI is InChI=1S/C22H23F3N2O2S/c1-6-30-21-12(3)19(28)16-10-11(2)9-15(20(16)29-21)13(4)26-17-7-8-18(22(23,24)25)27-14(17)5/h7-10,13,26H,6H2,1-5H3. The van der Waals surface area contributed by atoms with Gasteiger partial charge in [0.25, 0.3) is 0 Å². The Balaban J connectivity index is 2.07. The summed E-state index contributed by atoms with van der Waals surface area (Å²) in [5.74, 6) is 0.765. The van der Waals surface area contributed by atoms with Crippen LogP contribution in [0.2, 0.25) is 0 Å². The molecular formula is C22H23F3N2O2S. The molecular weight excluding hydrogens is 413 g/mol. The summed E-state index contributed by atoms with van der Waals surface area (Å²) in [6.45, 7) is 9.03. The van der Waals surface area contributed by atoms with Gasteiger partial charge in [-0.05, 0) is 57.2 Å². The van der Waals surface area contributed by atoms with Crippen LogP contribution in [0.3, 0.4) is 0 Å². The van der Waals surface area contributed by atoms with Crippen LogP contribution in [-0.2, 0) is 6.18 Å². The smallest absolute Gasteiger partial charge is 0.433 e. The molecule has 0 aliphatic rings. The summed E-state index contributed by atoms with van der Waals surface area (Å²) in [5.41, 5.74) is 2.46. The van der Waals surface area contributed by atoms with Gasteiger partial charge in [-0.2, -0.15) is 13.2 Å². The zero-order valence-electron chi connectivity index (χ0n) is 17.4. The van der Waals surface area contributed by atoms with Crippen molar-refractivity contribution < 1.29 is 17.6 Å². The van der Waals surface area contributed by atoms with Crippen LogP contribution in [0.5, 0.6) is 0 Å². The molecule has 160 valence electrons. The number of nitrogens with zero attached hydrogens (tertiary/aromatic N) is 1. The Hall–Kier alpha value is -2.48. The maximum atomic E-state index is 12.9. The van der Waals surface area contributed by atoms with Crippen LogP contribution in [0.15, 0.2) is 38.6 Å². The van der Waals surface area contributed by atoms with Gasteiger partial charge in [0.2, 0.25) is 0 Å². The molecule has 1 atom stereocenters. The molecule has 0 aliphatic heterocycles. The number of thioether (sulfide) groups is 1. The number of pyridine rings is 1. The van der Waals surface area contributed by atoms with Gasteiger partial charge in [-0.1, -0.05) is 24.8 Å². The largest absolute Gasteiger partial charge is 0.449 e. The molecule has 30 heavy (non-hydrogen) atoms. The normalized spacial score (nSPS) is 12.9. The minimum Gasteiger partial charge on any atom is -0.449 e. The van der Waals surface area contributed by atoms with Gasteiger partial charge in [0.05, 0.1) is 22.8 Å². The van der Waals surface area contributed by atoms with Crippen LogP contribution in [-0.4, -0.2) is 10.7 Å². The second-order valence-electron chi connectivity index (χ2n) is 7.20. The van der Waals surface area contributed by atoms with Gasteiger partial charge >= 0.3 is 6.18 Å². The highest BCUT2D eigenvalue weighted by molar-refractivity contribution is 7.99. The van der Waals surface area contributed by atoms with Crippen LogP contribution in [0.4, 0.5) is 18.9 Å². The van der Waals surface area contributed by atoms with E-state index in [9.17, 15) is 18.0 Å². The van der Waals surface area contributed by atoms with Gasteiger partial charge in [0.15, 0.2) is 10.5 Å². The first-order chi connectivity index (χ1) is 14.0. The number of hydrogen-bond donors (Lipinski definition) is 1. The van der Waals surface area contributed by atoms with Crippen molar-refractivity contribution >= 4 is 28.4 Å². The van der Waals surface area contributed by atoms with Crippen molar-refractivity contribution in [2.24, 2.45) is 0 Å². The number of aromatic nitrogens is 1. The summed E-state index contributed by atoms with van der Waals surface area (Å²) in [4.78, 5) is 16.6. The van der Waals surface area contributed by atoms with Crippen molar-refractivity contribution in [1.82, 2.24) is 4.98 Å². The predicted molar refractivity (Wildman–Crippen MR) is 114 cm³/mol. The Kier molecular flexibility index (Phi) is 6.17. The van der Waals surface area contributed by atoms with Gasteiger partial charge in [-0.15, -0.1) is 0 Å². The maximum Gasteiger partial charge on any atom is 0.433 e. The third-order valence-corrected chi connectivity index (χ3v) is 5.78. The third-order valence-electron chi connectivity index (χ3n) is 4.84. The van der Waals surface area contributed by atoms with Gasteiger partial charge in [-0.3, -0.25) is 4.79 Å². The number of anilines is 1. The molecule has 8 heteroatoms. The molecule has 4 nitrogen and oxygen atoms in total. The van der Waals surface area contributed by atoms with Crippen molar-refractivity contribution in [3.63, 3.8) is 0 Å². The van der Waals surface area contributed by atoms with Crippen molar-refractivity contribution in [2.45, 2.75) is 51.9 Å². The monoisotopic (exact) mass is 436 g/mol. The molecule has 0 bridgehead atoms. The van der Waals surface area contributed by atoms with E-state index in [1.54, 1.807) is 13.0 Å².